The molecule has 0 unspecified atom stereocenters. The van der Waals surface area contributed by atoms with E-state index in [2.05, 4.69) is 10.3 Å². The molecule has 1 saturated carbocycles. The van der Waals surface area contributed by atoms with Crippen LogP contribution in [-0.4, -0.2) is 45.0 Å². The van der Waals surface area contributed by atoms with Gasteiger partial charge in [0.25, 0.3) is 0 Å². The highest BCUT2D eigenvalue weighted by Crippen LogP contribution is 2.52. The zero-order valence-corrected chi connectivity index (χ0v) is 18.2. The third-order valence-corrected chi connectivity index (χ3v) is 5.98. The minimum Gasteiger partial charge on any atom is -0.444 e. The van der Waals surface area contributed by atoms with E-state index in [9.17, 15) is 9.59 Å². The van der Waals surface area contributed by atoms with Crippen molar-refractivity contribution in [3.8, 4) is 0 Å². The van der Waals surface area contributed by atoms with Crippen molar-refractivity contribution in [1.29, 1.82) is 0 Å². The molecule has 29 heavy (non-hydrogen) atoms. The maximum absolute atomic E-state index is 12.9. The molecule has 7 nitrogen and oxygen atoms in total. The second kappa shape index (κ2) is 6.62. The Hall–Kier alpha value is -2.28. The number of imidazole rings is 1. The van der Waals surface area contributed by atoms with E-state index < -0.39 is 11.1 Å². The summed E-state index contributed by atoms with van der Waals surface area (Å²) in [6, 6.07) is 3.67. The molecule has 2 aromatic rings. The standard InChI is InChI=1S/C21H27ClN4O3/c1-20(2,3)29-19(28)25-10-12-13(11-25)16(12)17(27)24-21(4,5)18-23-9-15-14(22)7-6-8-26(15)18/h6-9,12-13,16H,10-11H2,1-5H3,(H,24,27)/t12-,13+,16+. The van der Waals surface area contributed by atoms with Crippen LogP contribution in [0.25, 0.3) is 5.52 Å². The van der Waals surface area contributed by atoms with Crippen molar-refractivity contribution in [3.05, 3.63) is 35.4 Å². The summed E-state index contributed by atoms with van der Waals surface area (Å²) in [5, 5.41) is 3.76. The highest BCUT2D eigenvalue weighted by molar-refractivity contribution is 6.33. The topological polar surface area (TPSA) is 75.9 Å². The molecule has 8 heteroatoms. The summed E-state index contributed by atoms with van der Waals surface area (Å²) in [6.07, 6.45) is 3.31. The fourth-order valence-electron chi connectivity index (χ4n) is 4.29. The van der Waals surface area contributed by atoms with Crippen LogP contribution >= 0.6 is 11.6 Å². The first-order valence-electron chi connectivity index (χ1n) is 9.90. The van der Waals surface area contributed by atoms with Crippen LogP contribution < -0.4 is 5.32 Å². The lowest BCUT2D eigenvalue weighted by Crippen LogP contribution is -2.45. The lowest BCUT2D eigenvalue weighted by molar-refractivity contribution is -0.125. The summed E-state index contributed by atoms with van der Waals surface area (Å²) < 4.78 is 7.33. The molecule has 1 N–H and O–H groups in total. The predicted octanol–water partition coefficient (Wildman–Crippen LogP) is 3.45. The maximum Gasteiger partial charge on any atom is 0.410 e. The fourth-order valence-corrected chi connectivity index (χ4v) is 4.50. The maximum atomic E-state index is 12.9. The smallest absolute Gasteiger partial charge is 0.410 e. The summed E-state index contributed by atoms with van der Waals surface area (Å²) in [5.41, 5.74) is -0.362. The van der Waals surface area contributed by atoms with Crippen LogP contribution in [-0.2, 0) is 15.1 Å². The Labute approximate surface area is 175 Å². The van der Waals surface area contributed by atoms with Crippen molar-refractivity contribution in [2.24, 2.45) is 17.8 Å². The van der Waals surface area contributed by atoms with Crippen LogP contribution in [0.1, 0.15) is 40.4 Å². The average molecular weight is 419 g/mol. The normalized spacial score (nSPS) is 23.8. The highest BCUT2D eigenvalue weighted by Gasteiger charge is 2.61. The lowest BCUT2D eigenvalue weighted by Gasteiger charge is -2.27. The zero-order chi connectivity index (χ0) is 21.1. The average Bonchev–Trinajstić information content (AvgIpc) is 2.96. The molecular formula is C21H27ClN4O3. The Bertz CT molecular complexity index is 966. The van der Waals surface area contributed by atoms with E-state index >= 15 is 0 Å². The van der Waals surface area contributed by atoms with Gasteiger partial charge in [-0.15, -0.1) is 0 Å². The van der Waals surface area contributed by atoms with Crippen molar-refractivity contribution in [2.75, 3.05) is 13.1 Å². The number of ether oxygens (including phenoxy) is 1. The Morgan fingerprint density at radius 3 is 2.48 bits per heavy atom. The van der Waals surface area contributed by atoms with Crippen molar-refractivity contribution in [2.45, 2.75) is 45.8 Å². The van der Waals surface area contributed by atoms with E-state index in [1.165, 1.54) is 0 Å². The molecule has 3 heterocycles. The molecule has 2 amide bonds. The van der Waals surface area contributed by atoms with Gasteiger partial charge < -0.3 is 19.4 Å². The first-order chi connectivity index (χ1) is 13.5. The number of nitrogens with one attached hydrogen (secondary N) is 1. The summed E-state index contributed by atoms with van der Waals surface area (Å²) in [6.45, 7) is 10.6. The molecule has 156 valence electrons. The van der Waals surface area contributed by atoms with Crippen LogP contribution in [0.4, 0.5) is 4.79 Å². The van der Waals surface area contributed by atoms with E-state index in [4.69, 9.17) is 16.3 Å². The Morgan fingerprint density at radius 1 is 1.21 bits per heavy atom. The second-order valence-electron chi connectivity index (χ2n) is 9.55. The molecule has 0 aromatic carbocycles. The molecule has 1 saturated heterocycles. The number of piperidine rings is 1. The monoisotopic (exact) mass is 418 g/mol. The summed E-state index contributed by atoms with van der Waals surface area (Å²) in [7, 11) is 0. The van der Waals surface area contributed by atoms with Gasteiger partial charge >= 0.3 is 6.09 Å². The predicted molar refractivity (Wildman–Crippen MR) is 110 cm³/mol. The molecule has 2 aromatic heterocycles. The van der Waals surface area contributed by atoms with Crippen LogP contribution in [0.2, 0.25) is 5.02 Å². The first-order valence-corrected chi connectivity index (χ1v) is 10.3. The molecule has 1 aliphatic carbocycles. The van der Waals surface area contributed by atoms with Gasteiger partial charge in [-0.1, -0.05) is 11.6 Å². The Morgan fingerprint density at radius 2 is 1.86 bits per heavy atom. The number of halogens is 1. The van der Waals surface area contributed by atoms with Gasteiger partial charge in [-0.2, -0.15) is 0 Å². The molecule has 4 rings (SSSR count). The van der Waals surface area contributed by atoms with E-state index in [1.54, 1.807) is 11.1 Å². The largest absolute Gasteiger partial charge is 0.444 e. The summed E-state index contributed by atoms with van der Waals surface area (Å²) >= 11 is 6.24. The van der Waals surface area contributed by atoms with Gasteiger partial charge in [0.2, 0.25) is 5.91 Å². The SMILES string of the molecule is CC(C)(C)OC(=O)N1C[C@@H]2[C@H](C1)[C@H]2C(=O)NC(C)(C)c1ncc2c(Cl)cccn12. The third kappa shape index (κ3) is 3.68. The number of carbonyl (C=O) groups excluding carboxylic acids is 2. The number of rotatable bonds is 3. The zero-order valence-electron chi connectivity index (χ0n) is 17.4. The Kier molecular flexibility index (Phi) is 4.57. The van der Waals surface area contributed by atoms with E-state index in [1.807, 2.05) is 57.3 Å². The van der Waals surface area contributed by atoms with Crippen LogP contribution in [0.3, 0.4) is 0 Å². The molecule has 0 spiro atoms. The number of carbonyl (C=O) groups is 2. The minimum absolute atomic E-state index is 0.00705. The van der Waals surface area contributed by atoms with Gasteiger partial charge in [-0.25, -0.2) is 9.78 Å². The van der Waals surface area contributed by atoms with Gasteiger partial charge in [0.15, 0.2) is 0 Å². The van der Waals surface area contributed by atoms with E-state index in [0.717, 1.165) is 11.3 Å². The lowest BCUT2D eigenvalue weighted by atomic mass is 10.0. The van der Waals surface area contributed by atoms with E-state index in [-0.39, 0.29) is 29.8 Å². The number of pyridine rings is 1. The molecule has 2 fully saturated rings. The minimum atomic E-state index is -0.657. The molecule has 1 aliphatic heterocycles. The summed E-state index contributed by atoms with van der Waals surface area (Å²) in [5.74, 6) is 1.06. The number of amides is 2. The number of hydrogen-bond donors (Lipinski definition) is 1. The quantitative estimate of drug-likeness (QED) is 0.828. The van der Waals surface area contributed by atoms with Gasteiger partial charge in [0.05, 0.1) is 22.3 Å². The van der Waals surface area contributed by atoms with Crippen LogP contribution in [0.15, 0.2) is 24.5 Å². The molecule has 3 atom stereocenters. The van der Waals surface area contributed by atoms with Gasteiger partial charge in [-0.05, 0) is 58.6 Å². The van der Waals surface area contributed by atoms with E-state index in [0.29, 0.717) is 18.1 Å². The van der Waals surface area contributed by atoms with Crippen molar-refractivity contribution in [3.63, 3.8) is 0 Å². The number of fused-ring (bicyclic) bond motifs is 2. The number of aromatic nitrogens is 2. The molecular weight excluding hydrogens is 392 g/mol. The second-order valence-corrected chi connectivity index (χ2v) is 9.95. The first kappa shape index (κ1) is 20.0. The van der Waals surface area contributed by atoms with Gasteiger partial charge in [0.1, 0.15) is 11.4 Å². The number of likely N-dealkylation sites (tertiary alicyclic amines) is 1. The fraction of sp³-hybridized carbons (Fsp3) is 0.571. The van der Waals surface area contributed by atoms with Crippen LogP contribution in [0.5, 0.6) is 0 Å². The van der Waals surface area contributed by atoms with Crippen molar-refractivity contribution in [1.82, 2.24) is 19.6 Å². The van der Waals surface area contributed by atoms with Gasteiger partial charge in [0, 0.05) is 25.2 Å². The third-order valence-electron chi connectivity index (χ3n) is 5.66. The number of hydrogen-bond acceptors (Lipinski definition) is 4. The number of nitrogens with zero attached hydrogens (tertiary/aromatic N) is 3. The van der Waals surface area contributed by atoms with Crippen molar-refractivity contribution >= 4 is 29.1 Å². The van der Waals surface area contributed by atoms with Crippen LogP contribution in [0, 0.1) is 17.8 Å². The molecule has 2 aliphatic rings. The highest BCUT2D eigenvalue weighted by atomic mass is 35.5. The van der Waals surface area contributed by atoms with Gasteiger partial charge in [-0.3, -0.25) is 4.79 Å². The molecule has 0 radical (unpaired) electrons. The van der Waals surface area contributed by atoms with Crippen molar-refractivity contribution < 1.29 is 14.3 Å². The molecule has 0 bridgehead atoms. The Balaban J connectivity index is 1.40. The summed E-state index contributed by atoms with van der Waals surface area (Å²) in [4.78, 5) is 31.4.